The maximum atomic E-state index is 12.6. The van der Waals surface area contributed by atoms with Crippen molar-refractivity contribution >= 4 is 16.8 Å². The summed E-state index contributed by atoms with van der Waals surface area (Å²) in [4.78, 5) is 24.8. The lowest BCUT2D eigenvalue weighted by Gasteiger charge is -2.07. The van der Waals surface area contributed by atoms with Crippen LogP contribution in [0, 0.1) is 0 Å². The van der Waals surface area contributed by atoms with Gasteiger partial charge in [0.05, 0.1) is 19.8 Å². The van der Waals surface area contributed by atoms with Crippen molar-refractivity contribution in [1.82, 2.24) is 0 Å². The molecule has 0 bridgehead atoms. The third-order valence-corrected chi connectivity index (χ3v) is 3.54. The Morgan fingerprint density at radius 3 is 2.48 bits per heavy atom. The number of ketones is 1. The van der Waals surface area contributed by atoms with Crippen LogP contribution in [0.2, 0.25) is 0 Å². The van der Waals surface area contributed by atoms with E-state index in [0.29, 0.717) is 28.0 Å². The maximum absolute atomic E-state index is 12.6. The lowest BCUT2D eigenvalue weighted by molar-refractivity contribution is 0.103. The van der Waals surface area contributed by atoms with Crippen molar-refractivity contribution in [3.05, 3.63) is 70.1 Å². The molecule has 0 aliphatic heterocycles. The molecule has 0 aliphatic carbocycles. The van der Waals surface area contributed by atoms with Crippen LogP contribution in [0.25, 0.3) is 11.0 Å². The van der Waals surface area contributed by atoms with Gasteiger partial charge in [-0.3, -0.25) is 4.79 Å². The van der Waals surface area contributed by atoms with Crippen LogP contribution in [-0.2, 0) is 0 Å². The maximum Gasteiger partial charge on any atom is 0.347 e. The quantitative estimate of drug-likeness (QED) is 0.547. The summed E-state index contributed by atoms with van der Waals surface area (Å²) in [5.41, 5.74) is -0.0464. The first kappa shape index (κ1) is 14.8. The number of benzene rings is 2. The number of rotatable bonds is 4. The summed E-state index contributed by atoms with van der Waals surface area (Å²) in [6.07, 6.45) is 0. The van der Waals surface area contributed by atoms with Crippen LogP contribution in [0.1, 0.15) is 15.9 Å². The molecule has 0 N–H and O–H groups in total. The van der Waals surface area contributed by atoms with Crippen LogP contribution in [-0.4, -0.2) is 20.0 Å². The highest BCUT2D eigenvalue weighted by atomic mass is 16.5. The molecular formula is C18H14O5. The Morgan fingerprint density at radius 2 is 1.74 bits per heavy atom. The SMILES string of the molecule is COc1ccc2cc(C(=O)c3ccccc3OC)c(=O)oc2c1. The Labute approximate surface area is 132 Å². The number of hydrogen-bond acceptors (Lipinski definition) is 5. The average molecular weight is 310 g/mol. The zero-order chi connectivity index (χ0) is 16.4. The summed E-state index contributed by atoms with van der Waals surface area (Å²) in [5.74, 6) is 0.546. The zero-order valence-electron chi connectivity index (χ0n) is 12.7. The molecule has 0 atom stereocenters. The predicted octanol–water partition coefficient (Wildman–Crippen LogP) is 3.04. The fourth-order valence-corrected chi connectivity index (χ4v) is 2.35. The van der Waals surface area contributed by atoms with Crippen molar-refractivity contribution in [2.75, 3.05) is 14.2 Å². The van der Waals surface area contributed by atoms with Gasteiger partial charge in [-0.1, -0.05) is 12.1 Å². The number of carbonyl (C=O) groups excluding carboxylic acids is 1. The standard InChI is InChI=1S/C18H14O5/c1-21-12-8-7-11-9-14(18(20)23-16(11)10-12)17(19)13-5-3-4-6-15(13)22-2/h3-10H,1-2H3. The molecule has 0 saturated heterocycles. The van der Waals surface area contributed by atoms with Crippen LogP contribution in [0.15, 0.2) is 57.7 Å². The summed E-state index contributed by atoms with van der Waals surface area (Å²) in [5, 5.41) is 0.642. The zero-order valence-corrected chi connectivity index (χ0v) is 12.7. The molecule has 0 unspecified atom stereocenters. The molecule has 0 aliphatic rings. The van der Waals surface area contributed by atoms with E-state index in [0.717, 1.165) is 0 Å². The first-order valence-electron chi connectivity index (χ1n) is 6.93. The number of hydrogen-bond donors (Lipinski definition) is 0. The second-order valence-electron chi connectivity index (χ2n) is 4.88. The highest BCUT2D eigenvalue weighted by Gasteiger charge is 2.19. The van der Waals surface area contributed by atoms with Crippen LogP contribution >= 0.6 is 0 Å². The summed E-state index contributed by atoms with van der Waals surface area (Å²) < 4.78 is 15.5. The second-order valence-corrected chi connectivity index (χ2v) is 4.88. The van der Waals surface area contributed by atoms with E-state index in [1.54, 1.807) is 42.5 Å². The van der Waals surface area contributed by atoms with Gasteiger partial charge in [0.15, 0.2) is 0 Å². The highest BCUT2D eigenvalue weighted by Crippen LogP contribution is 2.23. The van der Waals surface area contributed by atoms with Gasteiger partial charge in [0.25, 0.3) is 0 Å². The van der Waals surface area contributed by atoms with E-state index in [2.05, 4.69) is 0 Å². The van der Waals surface area contributed by atoms with E-state index >= 15 is 0 Å². The number of ether oxygens (including phenoxy) is 2. The molecule has 3 rings (SSSR count). The van der Waals surface area contributed by atoms with Gasteiger partial charge in [0.1, 0.15) is 22.6 Å². The molecule has 0 spiro atoms. The largest absolute Gasteiger partial charge is 0.497 e. The fourth-order valence-electron chi connectivity index (χ4n) is 2.35. The molecular weight excluding hydrogens is 296 g/mol. The molecule has 3 aromatic rings. The van der Waals surface area contributed by atoms with E-state index in [1.807, 2.05) is 0 Å². The molecule has 1 heterocycles. The van der Waals surface area contributed by atoms with Crippen molar-refractivity contribution in [3.63, 3.8) is 0 Å². The lowest BCUT2D eigenvalue weighted by atomic mass is 10.0. The van der Waals surface area contributed by atoms with Gasteiger partial charge >= 0.3 is 5.63 Å². The lowest BCUT2D eigenvalue weighted by Crippen LogP contribution is -2.15. The summed E-state index contributed by atoms with van der Waals surface area (Å²) in [6.45, 7) is 0. The minimum Gasteiger partial charge on any atom is -0.497 e. The van der Waals surface area contributed by atoms with Crippen molar-refractivity contribution in [1.29, 1.82) is 0 Å². The van der Waals surface area contributed by atoms with Crippen LogP contribution in [0.4, 0.5) is 0 Å². The van der Waals surface area contributed by atoms with Gasteiger partial charge in [-0.15, -0.1) is 0 Å². The van der Waals surface area contributed by atoms with Crippen LogP contribution < -0.4 is 15.1 Å². The second kappa shape index (κ2) is 5.96. The van der Waals surface area contributed by atoms with Gasteiger partial charge in [0, 0.05) is 11.5 Å². The number of carbonyl (C=O) groups is 1. The first-order chi connectivity index (χ1) is 11.1. The molecule has 23 heavy (non-hydrogen) atoms. The van der Waals surface area contributed by atoms with Gasteiger partial charge in [-0.05, 0) is 30.3 Å². The van der Waals surface area contributed by atoms with Crippen LogP contribution in [0.3, 0.4) is 0 Å². The van der Waals surface area contributed by atoms with Crippen molar-refractivity contribution < 1.29 is 18.7 Å². The third kappa shape index (κ3) is 2.68. The Hall–Kier alpha value is -3.08. The molecule has 2 aromatic carbocycles. The minimum absolute atomic E-state index is 0.0350. The van der Waals surface area contributed by atoms with E-state index in [1.165, 1.54) is 20.3 Å². The highest BCUT2D eigenvalue weighted by molar-refractivity contribution is 6.11. The smallest absolute Gasteiger partial charge is 0.347 e. The molecule has 0 radical (unpaired) electrons. The molecule has 0 saturated carbocycles. The van der Waals surface area contributed by atoms with Crippen molar-refractivity contribution in [2.24, 2.45) is 0 Å². The Bertz CT molecular complexity index is 940. The average Bonchev–Trinajstić information content (AvgIpc) is 2.59. The normalized spacial score (nSPS) is 10.5. The topological polar surface area (TPSA) is 65.7 Å². The predicted molar refractivity (Wildman–Crippen MR) is 85.5 cm³/mol. The Morgan fingerprint density at radius 1 is 0.957 bits per heavy atom. The van der Waals surface area contributed by atoms with Crippen molar-refractivity contribution in [2.45, 2.75) is 0 Å². The van der Waals surface area contributed by atoms with Gasteiger partial charge in [-0.25, -0.2) is 4.79 Å². The fraction of sp³-hybridized carbons (Fsp3) is 0.111. The van der Waals surface area contributed by atoms with E-state index < -0.39 is 11.4 Å². The number of fused-ring (bicyclic) bond motifs is 1. The molecule has 5 heteroatoms. The summed E-state index contributed by atoms with van der Waals surface area (Å²) in [6, 6.07) is 13.3. The number of methoxy groups -OCH3 is 2. The van der Waals surface area contributed by atoms with Gasteiger partial charge in [-0.2, -0.15) is 0 Å². The van der Waals surface area contributed by atoms with Crippen molar-refractivity contribution in [3.8, 4) is 11.5 Å². The molecule has 5 nitrogen and oxygen atoms in total. The van der Waals surface area contributed by atoms with E-state index in [4.69, 9.17) is 13.9 Å². The van der Waals surface area contributed by atoms with Gasteiger partial charge in [0.2, 0.25) is 5.78 Å². The van der Waals surface area contributed by atoms with Gasteiger partial charge < -0.3 is 13.9 Å². The Kier molecular flexibility index (Phi) is 3.85. The summed E-state index contributed by atoms with van der Waals surface area (Å²) in [7, 11) is 3.00. The molecule has 0 amide bonds. The summed E-state index contributed by atoms with van der Waals surface area (Å²) >= 11 is 0. The molecule has 0 fully saturated rings. The third-order valence-electron chi connectivity index (χ3n) is 3.54. The van der Waals surface area contributed by atoms with E-state index in [9.17, 15) is 9.59 Å². The molecule has 116 valence electrons. The first-order valence-corrected chi connectivity index (χ1v) is 6.93. The van der Waals surface area contributed by atoms with Crippen LogP contribution in [0.5, 0.6) is 11.5 Å². The monoisotopic (exact) mass is 310 g/mol. The molecule has 1 aromatic heterocycles. The number of para-hydroxylation sites is 1. The minimum atomic E-state index is -0.693. The van der Waals surface area contributed by atoms with E-state index in [-0.39, 0.29) is 5.56 Å². The Balaban J connectivity index is 2.14.